The number of nitrogens with zero attached hydrogens (tertiary/aromatic N) is 3. The molecule has 17 heavy (non-hydrogen) atoms. The molecule has 0 aliphatic rings. The summed E-state index contributed by atoms with van der Waals surface area (Å²) in [6.45, 7) is 8.14. The number of carbonyl (C=O) groups excluding carboxylic acids is 1. The summed E-state index contributed by atoms with van der Waals surface area (Å²) in [4.78, 5) is 14.6. The van der Waals surface area contributed by atoms with Crippen LogP contribution in [0.4, 0.5) is 0 Å². The minimum atomic E-state index is -0.0665. The molecule has 0 spiro atoms. The van der Waals surface area contributed by atoms with E-state index in [0.29, 0.717) is 18.0 Å². The van der Waals surface area contributed by atoms with Gasteiger partial charge in [0.05, 0.1) is 6.20 Å². The summed E-state index contributed by atoms with van der Waals surface area (Å²) in [5.74, 6) is 0.00313. The highest BCUT2D eigenvalue weighted by Crippen LogP contribution is 2.17. The third kappa shape index (κ3) is 4.05. The van der Waals surface area contributed by atoms with Crippen molar-refractivity contribution in [2.45, 2.75) is 27.2 Å². The Morgan fingerprint density at radius 3 is 2.76 bits per heavy atom. The molecule has 2 N–H and O–H groups in total. The van der Waals surface area contributed by atoms with Crippen molar-refractivity contribution in [3.05, 3.63) is 11.1 Å². The maximum atomic E-state index is 12.2. The zero-order chi connectivity index (χ0) is 12.9. The van der Waals surface area contributed by atoms with E-state index in [1.807, 2.05) is 4.90 Å². The first kappa shape index (κ1) is 14.1. The summed E-state index contributed by atoms with van der Waals surface area (Å²) < 4.78 is 3.72. The number of hydrogen-bond acceptors (Lipinski definition) is 5. The molecule has 6 heteroatoms. The second kappa shape index (κ2) is 6.07. The van der Waals surface area contributed by atoms with Crippen molar-refractivity contribution in [2.75, 3.05) is 19.6 Å². The molecular formula is C11H20N4OS. The van der Waals surface area contributed by atoms with Crippen molar-refractivity contribution >= 4 is 17.4 Å². The lowest BCUT2D eigenvalue weighted by Crippen LogP contribution is -2.42. The van der Waals surface area contributed by atoms with Gasteiger partial charge in [0.1, 0.15) is 4.88 Å². The van der Waals surface area contributed by atoms with Gasteiger partial charge in [-0.25, -0.2) is 0 Å². The predicted octanol–water partition coefficient (Wildman–Crippen LogP) is 1.38. The van der Waals surface area contributed by atoms with Crippen LogP contribution < -0.4 is 5.73 Å². The van der Waals surface area contributed by atoms with Crippen LogP contribution in [-0.2, 0) is 0 Å². The average Bonchev–Trinajstić information content (AvgIpc) is 2.81. The summed E-state index contributed by atoms with van der Waals surface area (Å²) in [6, 6.07) is 0. The Hall–Kier alpha value is -1.01. The first-order valence-corrected chi connectivity index (χ1v) is 6.54. The summed E-state index contributed by atoms with van der Waals surface area (Å²) >= 11 is 1.14. The van der Waals surface area contributed by atoms with E-state index in [2.05, 4.69) is 30.4 Å². The van der Waals surface area contributed by atoms with E-state index >= 15 is 0 Å². The molecular weight excluding hydrogens is 236 g/mol. The molecule has 0 atom stereocenters. The molecule has 0 aliphatic carbocycles. The fourth-order valence-corrected chi connectivity index (χ4v) is 2.00. The van der Waals surface area contributed by atoms with E-state index < -0.39 is 0 Å². The number of rotatable bonds is 6. The fourth-order valence-electron chi connectivity index (χ4n) is 1.52. The molecule has 1 aromatic rings. The van der Waals surface area contributed by atoms with Crippen molar-refractivity contribution in [2.24, 2.45) is 11.1 Å². The first-order chi connectivity index (χ1) is 8.00. The minimum absolute atomic E-state index is 0.00313. The number of nitrogens with two attached hydrogens (primary N) is 1. The number of amides is 1. The van der Waals surface area contributed by atoms with Crippen molar-refractivity contribution in [3.8, 4) is 0 Å². The Morgan fingerprint density at radius 2 is 2.29 bits per heavy atom. The molecule has 1 heterocycles. The van der Waals surface area contributed by atoms with Crippen LogP contribution in [0.2, 0.25) is 0 Å². The normalized spacial score (nSPS) is 11.5. The van der Waals surface area contributed by atoms with Crippen molar-refractivity contribution in [1.29, 1.82) is 0 Å². The van der Waals surface area contributed by atoms with Gasteiger partial charge in [-0.2, -0.15) is 0 Å². The predicted molar refractivity (Wildman–Crippen MR) is 68.9 cm³/mol. The van der Waals surface area contributed by atoms with Gasteiger partial charge in [-0.05, 0) is 29.9 Å². The fraction of sp³-hybridized carbons (Fsp3) is 0.727. The SMILES string of the molecule is CCCN(CC(C)(C)CN)C(=O)c1cnns1. The number of carbonyl (C=O) groups is 1. The van der Waals surface area contributed by atoms with Crippen molar-refractivity contribution < 1.29 is 4.79 Å². The van der Waals surface area contributed by atoms with E-state index in [1.165, 1.54) is 6.20 Å². The zero-order valence-electron chi connectivity index (χ0n) is 10.6. The molecule has 0 aliphatic heterocycles. The highest BCUT2D eigenvalue weighted by atomic mass is 32.1. The van der Waals surface area contributed by atoms with Gasteiger partial charge in [-0.15, -0.1) is 5.10 Å². The maximum absolute atomic E-state index is 12.2. The lowest BCUT2D eigenvalue weighted by atomic mass is 9.93. The molecule has 0 unspecified atom stereocenters. The molecule has 5 nitrogen and oxygen atoms in total. The van der Waals surface area contributed by atoms with Gasteiger partial charge >= 0.3 is 0 Å². The first-order valence-electron chi connectivity index (χ1n) is 5.77. The summed E-state index contributed by atoms with van der Waals surface area (Å²) in [5, 5.41) is 3.70. The van der Waals surface area contributed by atoms with Crippen LogP contribution in [0.1, 0.15) is 36.9 Å². The quantitative estimate of drug-likeness (QED) is 0.834. The molecule has 96 valence electrons. The van der Waals surface area contributed by atoms with Crippen LogP contribution in [0.3, 0.4) is 0 Å². The molecule has 0 saturated carbocycles. The Kier molecular flexibility index (Phi) is 5.02. The smallest absolute Gasteiger partial charge is 0.267 e. The van der Waals surface area contributed by atoms with E-state index in [-0.39, 0.29) is 11.3 Å². The van der Waals surface area contributed by atoms with Crippen molar-refractivity contribution in [3.63, 3.8) is 0 Å². The second-order valence-corrected chi connectivity index (χ2v) is 5.66. The van der Waals surface area contributed by atoms with E-state index in [0.717, 1.165) is 24.5 Å². The summed E-state index contributed by atoms with van der Waals surface area (Å²) in [6.07, 6.45) is 2.45. The second-order valence-electron chi connectivity index (χ2n) is 4.88. The zero-order valence-corrected chi connectivity index (χ0v) is 11.5. The molecule has 1 amide bonds. The number of aromatic nitrogens is 2. The van der Waals surface area contributed by atoms with Crippen LogP contribution in [-0.4, -0.2) is 40.0 Å². The van der Waals surface area contributed by atoms with Crippen LogP contribution >= 0.6 is 11.5 Å². The Bertz CT molecular complexity index is 350. The van der Waals surface area contributed by atoms with Gasteiger partial charge < -0.3 is 10.6 Å². The molecule has 0 radical (unpaired) electrons. The average molecular weight is 256 g/mol. The lowest BCUT2D eigenvalue weighted by molar-refractivity contribution is 0.0694. The Labute approximate surface area is 106 Å². The summed E-state index contributed by atoms with van der Waals surface area (Å²) in [7, 11) is 0. The van der Waals surface area contributed by atoms with Crippen LogP contribution in [0, 0.1) is 5.41 Å². The topological polar surface area (TPSA) is 72.1 Å². The van der Waals surface area contributed by atoms with E-state index in [4.69, 9.17) is 5.73 Å². The van der Waals surface area contributed by atoms with Gasteiger partial charge in [-0.1, -0.05) is 25.3 Å². The highest BCUT2D eigenvalue weighted by Gasteiger charge is 2.24. The third-order valence-corrected chi connectivity index (χ3v) is 3.18. The molecule has 1 rings (SSSR count). The monoisotopic (exact) mass is 256 g/mol. The van der Waals surface area contributed by atoms with Gasteiger partial charge in [-0.3, -0.25) is 4.79 Å². The Morgan fingerprint density at radius 1 is 1.59 bits per heavy atom. The standard InChI is InChI=1S/C11H20N4OS/c1-4-5-15(8-11(2,3)7-12)10(16)9-6-13-14-17-9/h6H,4-5,7-8,12H2,1-3H3. The van der Waals surface area contributed by atoms with Crippen LogP contribution in [0.25, 0.3) is 0 Å². The van der Waals surface area contributed by atoms with E-state index in [9.17, 15) is 4.79 Å². The minimum Gasteiger partial charge on any atom is -0.337 e. The van der Waals surface area contributed by atoms with Gasteiger partial charge in [0.25, 0.3) is 5.91 Å². The summed E-state index contributed by atoms with van der Waals surface area (Å²) in [5.41, 5.74) is 5.64. The number of hydrogen-bond donors (Lipinski definition) is 1. The molecule has 0 saturated heterocycles. The molecule has 0 bridgehead atoms. The lowest BCUT2D eigenvalue weighted by Gasteiger charge is -2.31. The van der Waals surface area contributed by atoms with Gasteiger partial charge in [0.15, 0.2) is 0 Å². The van der Waals surface area contributed by atoms with Gasteiger partial charge in [0, 0.05) is 13.1 Å². The molecule has 0 aromatic carbocycles. The highest BCUT2D eigenvalue weighted by molar-refractivity contribution is 7.07. The Balaban J connectivity index is 2.75. The third-order valence-electron chi connectivity index (χ3n) is 2.52. The van der Waals surface area contributed by atoms with Gasteiger partial charge in [0.2, 0.25) is 0 Å². The van der Waals surface area contributed by atoms with Crippen molar-refractivity contribution in [1.82, 2.24) is 14.5 Å². The molecule has 0 fully saturated rings. The van der Waals surface area contributed by atoms with Crippen LogP contribution in [0.15, 0.2) is 6.20 Å². The molecule has 1 aromatic heterocycles. The van der Waals surface area contributed by atoms with E-state index in [1.54, 1.807) is 0 Å². The largest absolute Gasteiger partial charge is 0.337 e. The van der Waals surface area contributed by atoms with Crippen LogP contribution in [0.5, 0.6) is 0 Å². The maximum Gasteiger partial charge on any atom is 0.267 e.